The third-order valence-electron chi connectivity index (χ3n) is 4.69. The van der Waals surface area contributed by atoms with Crippen LogP contribution < -0.4 is 14.8 Å². The van der Waals surface area contributed by atoms with Crippen LogP contribution in [0, 0.1) is 0 Å². The first-order valence-electron chi connectivity index (χ1n) is 10.1. The Morgan fingerprint density at radius 2 is 1.58 bits per heavy atom. The number of hydrogen-bond donors (Lipinski definition) is 2. The van der Waals surface area contributed by atoms with Crippen LogP contribution in [-0.2, 0) is 21.3 Å². The van der Waals surface area contributed by atoms with E-state index in [0.29, 0.717) is 17.9 Å². The van der Waals surface area contributed by atoms with Gasteiger partial charge in [0.15, 0.2) is 0 Å². The van der Waals surface area contributed by atoms with E-state index in [1.165, 1.54) is 31.4 Å². The summed E-state index contributed by atoms with van der Waals surface area (Å²) >= 11 is 0. The molecule has 2 N–H and O–H groups in total. The average Bonchev–Trinajstić information content (AvgIpc) is 2.83. The first kappa shape index (κ1) is 23.8. The van der Waals surface area contributed by atoms with E-state index in [9.17, 15) is 18.0 Å². The fraction of sp³-hybridized carbons (Fsp3) is 0.167. The Labute approximate surface area is 192 Å². The fourth-order valence-electron chi connectivity index (χ4n) is 3.01. The Hall–Kier alpha value is -3.85. The van der Waals surface area contributed by atoms with E-state index in [1.54, 1.807) is 48.5 Å². The van der Waals surface area contributed by atoms with Crippen LogP contribution in [0.25, 0.3) is 0 Å². The number of amides is 1. The largest absolute Gasteiger partial charge is 0.494 e. The molecule has 172 valence electrons. The number of carbonyl (C=O) groups is 2. The molecular formula is C24H24N2O6S. The van der Waals surface area contributed by atoms with Crippen molar-refractivity contribution in [1.82, 2.24) is 5.32 Å². The van der Waals surface area contributed by atoms with Crippen LogP contribution >= 0.6 is 0 Å². The van der Waals surface area contributed by atoms with E-state index in [-0.39, 0.29) is 22.7 Å². The van der Waals surface area contributed by atoms with Gasteiger partial charge in [-0.3, -0.25) is 9.52 Å². The van der Waals surface area contributed by atoms with Gasteiger partial charge >= 0.3 is 5.97 Å². The number of sulfonamides is 1. The maximum absolute atomic E-state index is 12.8. The molecule has 0 unspecified atom stereocenters. The predicted octanol–water partition coefficient (Wildman–Crippen LogP) is 3.60. The van der Waals surface area contributed by atoms with Gasteiger partial charge < -0.3 is 14.8 Å². The summed E-state index contributed by atoms with van der Waals surface area (Å²) in [7, 11) is -2.61. The quantitative estimate of drug-likeness (QED) is 0.464. The highest BCUT2D eigenvalue weighted by Gasteiger charge is 2.19. The molecule has 0 fully saturated rings. The van der Waals surface area contributed by atoms with Crippen LogP contribution in [0.4, 0.5) is 5.69 Å². The van der Waals surface area contributed by atoms with E-state index in [1.807, 2.05) is 6.92 Å². The van der Waals surface area contributed by atoms with Crippen molar-refractivity contribution >= 4 is 27.6 Å². The summed E-state index contributed by atoms with van der Waals surface area (Å²) in [5.74, 6) is -0.327. The normalized spacial score (nSPS) is 10.8. The first-order chi connectivity index (χ1) is 15.8. The number of benzene rings is 3. The summed E-state index contributed by atoms with van der Waals surface area (Å²) in [5.41, 5.74) is 1.51. The number of methoxy groups -OCH3 is 1. The lowest BCUT2D eigenvalue weighted by atomic mass is 10.1. The van der Waals surface area contributed by atoms with Gasteiger partial charge in [-0.2, -0.15) is 0 Å². The molecule has 0 aromatic heterocycles. The minimum absolute atomic E-state index is 0.0480. The lowest BCUT2D eigenvalue weighted by Gasteiger charge is -2.13. The minimum atomic E-state index is -3.91. The van der Waals surface area contributed by atoms with Gasteiger partial charge in [0.1, 0.15) is 5.75 Å². The van der Waals surface area contributed by atoms with Crippen molar-refractivity contribution in [2.24, 2.45) is 0 Å². The molecule has 8 nitrogen and oxygen atoms in total. The Morgan fingerprint density at radius 1 is 0.909 bits per heavy atom. The number of carbonyl (C=O) groups excluding carboxylic acids is 2. The lowest BCUT2D eigenvalue weighted by Crippen LogP contribution is -2.25. The Bertz CT molecular complexity index is 1220. The van der Waals surface area contributed by atoms with Gasteiger partial charge in [-0.1, -0.05) is 24.3 Å². The highest BCUT2D eigenvalue weighted by Crippen LogP contribution is 2.22. The predicted molar refractivity (Wildman–Crippen MR) is 124 cm³/mol. The van der Waals surface area contributed by atoms with E-state index in [4.69, 9.17) is 4.74 Å². The summed E-state index contributed by atoms with van der Waals surface area (Å²) in [6, 6.07) is 19.0. The van der Waals surface area contributed by atoms with Gasteiger partial charge in [0, 0.05) is 6.54 Å². The van der Waals surface area contributed by atoms with Crippen LogP contribution in [0.1, 0.15) is 33.2 Å². The Balaban J connectivity index is 1.71. The van der Waals surface area contributed by atoms with Crippen LogP contribution in [0.15, 0.2) is 77.7 Å². The Kier molecular flexibility index (Phi) is 7.68. The van der Waals surface area contributed by atoms with Gasteiger partial charge in [-0.05, 0) is 61.0 Å². The number of nitrogens with one attached hydrogen (secondary N) is 2. The van der Waals surface area contributed by atoms with Gasteiger partial charge in [-0.25, -0.2) is 13.2 Å². The lowest BCUT2D eigenvalue weighted by molar-refractivity contribution is 0.0600. The number of para-hydroxylation sites is 1. The van der Waals surface area contributed by atoms with Crippen LogP contribution in [0.3, 0.4) is 0 Å². The molecular weight excluding hydrogens is 444 g/mol. The van der Waals surface area contributed by atoms with Crippen molar-refractivity contribution < 1.29 is 27.5 Å². The molecule has 3 aromatic carbocycles. The van der Waals surface area contributed by atoms with Crippen molar-refractivity contribution in [3.63, 3.8) is 0 Å². The number of rotatable bonds is 9. The van der Waals surface area contributed by atoms with E-state index in [2.05, 4.69) is 14.8 Å². The van der Waals surface area contributed by atoms with E-state index < -0.39 is 21.9 Å². The highest BCUT2D eigenvalue weighted by molar-refractivity contribution is 7.92. The topological polar surface area (TPSA) is 111 Å². The molecule has 3 rings (SSSR count). The zero-order valence-electron chi connectivity index (χ0n) is 18.2. The molecule has 0 heterocycles. The molecule has 0 spiro atoms. The number of hydrogen-bond acceptors (Lipinski definition) is 6. The second-order valence-corrected chi connectivity index (χ2v) is 8.61. The van der Waals surface area contributed by atoms with Crippen molar-refractivity contribution in [2.75, 3.05) is 18.4 Å². The molecule has 0 aliphatic carbocycles. The molecule has 1 amide bonds. The van der Waals surface area contributed by atoms with Crippen LogP contribution in [-0.4, -0.2) is 34.0 Å². The second-order valence-electron chi connectivity index (χ2n) is 6.93. The van der Waals surface area contributed by atoms with E-state index in [0.717, 1.165) is 5.56 Å². The van der Waals surface area contributed by atoms with Gasteiger partial charge in [0.25, 0.3) is 15.9 Å². The minimum Gasteiger partial charge on any atom is -0.494 e. The SMILES string of the molecule is CCOc1ccc(S(=O)(=O)Nc2ccccc2C(=O)NCc2ccc(C(=O)OC)cc2)cc1. The molecule has 0 saturated carbocycles. The molecule has 0 atom stereocenters. The monoisotopic (exact) mass is 468 g/mol. The third-order valence-corrected chi connectivity index (χ3v) is 6.07. The molecule has 0 saturated heterocycles. The second kappa shape index (κ2) is 10.6. The molecule has 9 heteroatoms. The molecule has 0 aliphatic rings. The summed E-state index contributed by atoms with van der Waals surface area (Å²) in [6.07, 6.45) is 0. The number of anilines is 1. The third kappa shape index (κ3) is 6.11. The highest BCUT2D eigenvalue weighted by atomic mass is 32.2. The smallest absolute Gasteiger partial charge is 0.337 e. The van der Waals surface area contributed by atoms with Crippen LogP contribution in [0.2, 0.25) is 0 Å². The molecule has 33 heavy (non-hydrogen) atoms. The number of esters is 1. The molecule has 0 radical (unpaired) electrons. The zero-order valence-corrected chi connectivity index (χ0v) is 19.0. The first-order valence-corrected chi connectivity index (χ1v) is 11.6. The summed E-state index contributed by atoms with van der Waals surface area (Å²) in [4.78, 5) is 24.3. The maximum Gasteiger partial charge on any atom is 0.337 e. The van der Waals surface area contributed by atoms with Crippen LogP contribution in [0.5, 0.6) is 5.75 Å². The Morgan fingerprint density at radius 3 is 2.21 bits per heavy atom. The van der Waals surface area contributed by atoms with Crippen molar-refractivity contribution in [1.29, 1.82) is 0 Å². The molecule has 0 bridgehead atoms. The maximum atomic E-state index is 12.8. The fourth-order valence-corrected chi connectivity index (χ4v) is 4.09. The van der Waals surface area contributed by atoms with E-state index >= 15 is 0 Å². The van der Waals surface area contributed by atoms with Gasteiger partial charge in [-0.15, -0.1) is 0 Å². The van der Waals surface area contributed by atoms with Crippen molar-refractivity contribution in [3.05, 3.63) is 89.5 Å². The standard InChI is InChI=1S/C24H24N2O6S/c1-3-32-19-12-14-20(15-13-19)33(29,30)26-22-7-5-4-6-21(22)23(27)25-16-17-8-10-18(11-9-17)24(28)31-2/h4-15,26H,3,16H2,1-2H3,(H,25,27). The molecule has 3 aromatic rings. The number of ether oxygens (including phenoxy) is 2. The van der Waals surface area contributed by atoms with Gasteiger partial charge in [0.2, 0.25) is 0 Å². The zero-order chi connectivity index (χ0) is 23.8. The summed E-state index contributed by atoms with van der Waals surface area (Å²) < 4.78 is 38.1. The van der Waals surface area contributed by atoms with Crippen molar-refractivity contribution in [2.45, 2.75) is 18.4 Å². The summed E-state index contributed by atoms with van der Waals surface area (Å²) in [5, 5.41) is 2.76. The van der Waals surface area contributed by atoms with Gasteiger partial charge in [0.05, 0.1) is 35.4 Å². The summed E-state index contributed by atoms with van der Waals surface area (Å²) in [6.45, 7) is 2.51. The molecule has 0 aliphatic heterocycles. The van der Waals surface area contributed by atoms with Crippen molar-refractivity contribution in [3.8, 4) is 5.75 Å². The average molecular weight is 469 g/mol.